The van der Waals surface area contributed by atoms with Crippen molar-refractivity contribution in [2.24, 2.45) is 0 Å². The van der Waals surface area contributed by atoms with Crippen molar-refractivity contribution < 1.29 is 10.2 Å². The van der Waals surface area contributed by atoms with Gasteiger partial charge in [-0.3, -0.25) is 0 Å². The third-order valence-electron chi connectivity index (χ3n) is 1.78. The summed E-state index contributed by atoms with van der Waals surface area (Å²) >= 11 is 0. The first-order chi connectivity index (χ1) is 5.77. The Balaban J connectivity index is 2.95. The molecule has 0 amide bonds. The van der Waals surface area contributed by atoms with E-state index in [1.54, 1.807) is 18.2 Å². The molecular weight excluding hydrogens is 154 g/mol. The maximum absolute atomic E-state index is 8.91. The number of hydrogen-bond acceptors (Lipinski definition) is 3. The van der Waals surface area contributed by atoms with Crippen molar-refractivity contribution in [2.45, 2.75) is 13.0 Å². The van der Waals surface area contributed by atoms with Gasteiger partial charge in [0.1, 0.15) is 0 Å². The lowest BCUT2D eigenvalue weighted by Gasteiger charge is -2.06. The highest BCUT2D eigenvalue weighted by Gasteiger charge is 2.00. The number of aliphatic hydroxyl groups excluding tert-OH is 2. The fourth-order valence-electron chi connectivity index (χ4n) is 1.15. The van der Waals surface area contributed by atoms with E-state index in [9.17, 15) is 0 Å². The van der Waals surface area contributed by atoms with Crippen LogP contribution < -0.4 is 5.73 Å². The Labute approximate surface area is 71.5 Å². The summed E-state index contributed by atoms with van der Waals surface area (Å²) in [6, 6.07) is 5.30. The molecule has 12 heavy (non-hydrogen) atoms. The lowest BCUT2D eigenvalue weighted by molar-refractivity contribution is 0.276. The van der Waals surface area contributed by atoms with Crippen LogP contribution in [0.2, 0.25) is 0 Å². The Morgan fingerprint density at radius 2 is 1.92 bits per heavy atom. The predicted molar refractivity (Wildman–Crippen MR) is 47.6 cm³/mol. The highest BCUT2D eigenvalue weighted by atomic mass is 16.3. The van der Waals surface area contributed by atoms with Crippen molar-refractivity contribution in [3.05, 3.63) is 29.3 Å². The first kappa shape index (κ1) is 9.03. The van der Waals surface area contributed by atoms with Crippen molar-refractivity contribution >= 4 is 5.69 Å². The number of aliphatic hydroxyl groups is 2. The van der Waals surface area contributed by atoms with Crippen molar-refractivity contribution in [1.82, 2.24) is 0 Å². The quantitative estimate of drug-likeness (QED) is 0.567. The van der Waals surface area contributed by atoms with Gasteiger partial charge in [0, 0.05) is 12.3 Å². The van der Waals surface area contributed by atoms with Gasteiger partial charge in [-0.25, -0.2) is 0 Å². The molecule has 1 aromatic rings. The topological polar surface area (TPSA) is 66.5 Å². The zero-order chi connectivity index (χ0) is 8.97. The van der Waals surface area contributed by atoms with E-state index in [1.807, 2.05) is 0 Å². The van der Waals surface area contributed by atoms with Crippen LogP contribution in [-0.4, -0.2) is 16.8 Å². The van der Waals surface area contributed by atoms with Gasteiger partial charge >= 0.3 is 0 Å². The molecule has 0 fully saturated rings. The van der Waals surface area contributed by atoms with Gasteiger partial charge in [-0.1, -0.05) is 6.07 Å². The highest BCUT2D eigenvalue weighted by molar-refractivity contribution is 5.44. The Bertz CT molecular complexity index is 261. The lowest BCUT2D eigenvalue weighted by atomic mass is 10.0. The van der Waals surface area contributed by atoms with Gasteiger partial charge in [-0.2, -0.15) is 0 Å². The normalized spacial score (nSPS) is 10.2. The average Bonchev–Trinajstić information content (AvgIpc) is 2.05. The molecule has 0 aliphatic rings. The standard InChI is InChI=1S/C9H13NO2/c10-9-2-1-8(6-12)7(5-9)3-4-11/h1-2,5,11-12H,3-4,6,10H2. The van der Waals surface area contributed by atoms with Gasteiger partial charge in [-0.15, -0.1) is 0 Å². The number of nitrogens with two attached hydrogens (primary N) is 1. The van der Waals surface area contributed by atoms with Gasteiger partial charge < -0.3 is 15.9 Å². The van der Waals surface area contributed by atoms with E-state index in [4.69, 9.17) is 15.9 Å². The van der Waals surface area contributed by atoms with E-state index in [2.05, 4.69) is 0 Å². The number of hydrogen-bond donors (Lipinski definition) is 3. The maximum Gasteiger partial charge on any atom is 0.0684 e. The van der Waals surface area contributed by atoms with Crippen LogP contribution in [0.1, 0.15) is 11.1 Å². The van der Waals surface area contributed by atoms with Crippen molar-refractivity contribution in [2.75, 3.05) is 12.3 Å². The van der Waals surface area contributed by atoms with E-state index < -0.39 is 0 Å². The van der Waals surface area contributed by atoms with Crippen LogP contribution in [0.3, 0.4) is 0 Å². The van der Waals surface area contributed by atoms with Crippen molar-refractivity contribution in [1.29, 1.82) is 0 Å². The number of rotatable bonds is 3. The molecule has 0 aromatic heterocycles. The van der Waals surface area contributed by atoms with Crippen LogP contribution in [0.5, 0.6) is 0 Å². The second-order valence-electron chi connectivity index (χ2n) is 2.66. The number of nitrogen functional groups attached to an aromatic ring is 1. The molecule has 66 valence electrons. The Morgan fingerprint density at radius 3 is 2.50 bits per heavy atom. The van der Waals surface area contributed by atoms with E-state index in [-0.39, 0.29) is 13.2 Å². The van der Waals surface area contributed by atoms with E-state index in [0.717, 1.165) is 11.1 Å². The van der Waals surface area contributed by atoms with Gasteiger partial charge in [0.25, 0.3) is 0 Å². The Morgan fingerprint density at radius 1 is 1.17 bits per heavy atom. The monoisotopic (exact) mass is 167 g/mol. The minimum Gasteiger partial charge on any atom is -0.399 e. The highest BCUT2D eigenvalue weighted by Crippen LogP contribution is 2.13. The van der Waals surface area contributed by atoms with Gasteiger partial charge in [0.15, 0.2) is 0 Å². The summed E-state index contributed by atoms with van der Waals surface area (Å²) in [5.74, 6) is 0. The molecule has 3 heteroatoms. The molecule has 0 aliphatic carbocycles. The molecule has 0 unspecified atom stereocenters. The zero-order valence-corrected chi connectivity index (χ0v) is 6.83. The van der Waals surface area contributed by atoms with E-state index in [0.29, 0.717) is 12.1 Å². The molecule has 0 spiro atoms. The average molecular weight is 167 g/mol. The molecule has 4 N–H and O–H groups in total. The van der Waals surface area contributed by atoms with Crippen LogP contribution in [0.15, 0.2) is 18.2 Å². The molecule has 1 rings (SSSR count). The van der Waals surface area contributed by atoms with Crippen LogP contribution in [0.4, 0.5) is 5.69 Å². The molecule has 0 atom stereocenters. The molecule has 0 heterocycles. The maximum atomic E-state index is 8.91. The third-order valence-corrected chi connectivity index (χ3v) is 1.78. The fourth-order valence-corrected chi connectivity index (χ4v) is 1.15. The summed E-state index contributed by atoms with van der Waals surface area (Å²) in [7, 11) is 0. The van der Waals surface area contributed by atoms with Crippen LogP contribution in [0, 0.1) is 0 Å². The number of anilines is 1. The second-order valence-corrected chi connectivity index (χ2v) is 2.66. The summed E-state index contributed by atoms with van der Waals surface area (Å²) in [5, 5.41) is 17.6. The van der Waals surface area contributed by atoms with Gasteiger partial charge in [0.2, 0.25) is 0 Å². The van der Waals surface area contributed by atoms with Gasteiger partial charge in [0.05, 0.1) is 6.61 Å². The molecule has 3 nitrogen and oxygen atoms in total. The van der Waals surface area contributed by atoms with Gasteiger partial charge in [-0.05, 0) is 29.7 Å². The SMILES string of the molecule is Nc1ccc(CO)c(CCO)c1. The first-order valence-electron chi connectivity index (χ1n) is 3.87. The van der Waals surface area contributed by atoms with Crippen molar-refractivity contribution in [3.8, 4) is 0 Å². The molecular formula is C9H13NO2. The van der Waals surface area contributed by atoms with Crippen LogP contribution in [0.25, 0.3) is 0 Å². The Kier molecular flexibility index (Phi) is 3.08. The fraction of sp³-hybridized carbons (Fsp3) is 0.333. The van der Waals surface area contributed by atoms with Crippen molar-refractivity contribution in [3.63, 3.8) is 0 Å². The summed E-state index contributed by atoms with van der Waals surface area (Å²) in [4.78, 5) is 0. The summed E-state index contributed by atoms with van der Waals surface area (Å²) in [6.45, 7) is 0.0755. The summed E-state index contributed by atoms with van der Waals surface area (Å²) in [5.41, 5.74) is 7.96. The molecule has 0 aliphatic heterocycles. The summed E-state index contributed by atoms with van der Waals surface area (Å²) in [6.07, 6.45) is 0.543. The predicted octanol–water partition coefficient (Wildman–Crippen LogP) is 0.296. The second kappa shape index (κ2) is 4.09. The molecule has 0 saturated carbocycles. The van der Waals surface area contributed by atoms with E-state index >= 15 is 0 Å². The minimum absolute atomic E-state index is 0.00435. The first-order valence-corrected chi connectivity index (χ1v) is 3.87. The third kappa shape index (κ3) is 1.96. The van der Waals surface area contributed by atoms with Crippen LogP contribution >= 0.6 is 0 Å². The minimum atomic E-state index is -0.00435. The largest absolute Gasteiger partial charge is 0.399 e. The molecule has 0 radical (unpaired) electrons. The Hall–Kier alpha value is -1.06. The van der Waals surface area contributed by atoms with E-state index in [1.165, 1.54) is 0 Å². The molecule has 0 saturated heterocycles. The molecule has 0 bridgehead atoms. The summed E-state index contributed by atoms with van der Waals surface area (Å²) < 4.78 is 0. The zero-order valence-electron chi connectivity index (χ0n) is 6.83. The number of benzene rings is 1. The smallest absolute Gasteiger partial charge is 0.0684 e. The van der Waals surface area contributed by atoms with Crippen LogP contribution in [-0.2, 0) is 13.0 Å². The molecule has 1 aromatic carbocycles. The lowest BCUT2D eigenvalue weighted by Crippen LogP contribution is -1.99.